The van der Waals surface area contributed by atoms with Crippen LogP contribution in [0.4, 0.5) is 0 Å². The summed E-state index contributed by atoms with van der Waals surface area (Å²) in [7, 11) is 0. The number of hydrogen-bond donors (Lipinski definition) is 0. The van der Waals surface area contributed by atoms with Gasteiger partial charge in [0.1, 0.15) is 5.75 Å². The Morgan fingerprint density at radius 3 is 2.54 bits per heavy atom. The average molecular weight is 199 g/mol. The van der Waals surface area contributed by atoms with Crippen molar-refractivity contribution in [2.24, 2.45) is 0 Å². The Kier molecular flexibility index (Phi) is 3.21. The molecule has 0 aliphatic carbocycles. The van der Waals surface area contributed by atoms with E-state index in [2.05, 4.69) is 26.8 Å². The lowest BCUT2D eigenvalue weighted by Gasteiger charge is -2.19. The van der Waals surface area contributed by atoms with Crippen molar-refractivity contribution in [1.29, 1.82) is 0 Å². The molecule has 1 rings (SSSR count). The predicted molar refractivity (Wildman–Crippen MR) is 56.5 cm³/mol. The lowest BCUT2D eigenvalue weighted by atomic mass is 9.87. The largest absolute Gasteiger partial charge is 0.478 e. The van der Waals surface area contributed by atoms with Gasteiger partial charge in [0.25, 0.3) is 0 Å². The summed E-state index contributed by atoms with van der Waals surface area (Å²) in [6.07, 6.45) is 0. The molecule has 13 heavy (non-hydrogen) atoms. The third-order valence-corrected chi connectivity index (χ3v) is 2.03. The molecule has 0 spiro atoms. The van der Waals surface area contributed by atoms with Crippen LogP contribution >= 0.6 is 11.6 Å². The summed E-state index contributed by atoms with van der Waals surface area (Å²) in [4.78, 5) is 0. The van der Waals surface area contributed by atoms with Crippen molar-refractivity contribution in [1.82, 2.24) is 0 Å². The fraction of sp³-hybridized carbons (Fsp3) is 0.455. The molecule has 1 aromatic carbocycles. The van der Waals surface area contributed by atoms with E-state index in [0.29, 0.717) is 0 Å². The Labute approximate surface area is 84.7 Å². The van der Waals surface area contributed by atoms with Crippen LogP contribution in [0.3, 0.4) is 0 Å². The van der Waals surface area contributed by atoms with E-state index in [1.807, 2.05) is 18.2 Å². The highest BCUT2D eigenvalue weighted by Crippen LogP contribution is 2.25. The Morgan fingerprint density at radius 1 is 1.31 bits per heavy atom. The summed E-state index contributed by atoms with van der Waals surface area (Å²) in [5.74, 6) is 0.836. The Balaban J connectivity index is 2.92. The van der Waals surface area contributed by atoms with Crippen molar-refractivity contribution in [2.75, 3.05) is 6.07 Å². The second kappa shape index (κ2) is 4.01. The Hall–Kier alpha value is -0.690. The van der Waals surface area contributed by atoms with E-state index in [9.17, 15) is 0 Å². The van der Waals surface area contributed by atoms with Crippen LogP contribution in [0.5, 0.6) is 5.75 Å². The van der Waals surface area contributed by atoms with Crippen LogP contribution in [0.1, 0.15) is 26.3 Å². The van der Waals surface area contributed by atoms with Crippen molar-refractivity contribution >= 4 is 11.6 Å². The normalized spacial score (nSPS) is 11.4. The van der Waals surface area contributed by atoms with Gasteiger partial charge in [-0.2, -0.15) is 0 Å². The monoisotopic (exact) mass is 198 g/mol. The molecule has 0 atom stereocenters. The first-order valence-electron chi connectivity index (χ1n) is 4.33. The van der Waals surface area contributed by atoms with E-state index in [-0.39, 0.29) is 11.5 Å². The molecule has 0 saturated heterocycles. The maximum absolute atomic E-state index is 5.48. The minimum atomic E-state index is 0.158. The maximum atomic E-state index is 5.48. The van der Waals surface area contributed by atoms with Gasteiger partial charge in [-0.05, 0) is 23.1 Å². The molecule has 0 bridgehead atoms. The SMILES string of the molecule is CC(C)(C)c1cccc(OCCl)c1. The number of rotatable bonds is 2. The Morgan fingerprint density at radius 2 is 2.00 bits per heavy atom. The van der Waals surface area contributed by atoms with Crippen LogP contribution in [-0.4, -0.2) is 6.07 Å². The van der Waals surface area contributed by atoms with Crippen LogP contribution in [0.2, 0.25) is 0 Å². The minimum Gasteiger partial charge on any atom is -0.478 e. The fourth-order valence-electron chi connectivity index (χ4n) is 1.12. The molecule has 0 heterocycles. The molecule has 0 aromatic heterocycles. The number of halogens is 1. The topological polar surface area (TPSA) is 9.23 Å². The van der Waals surface area contributed by atoms with E-state index in [0.717, 1.165) is 5.75 Å². The van der Waals surface area contributed by atoms with Gasteiger partial charge in [0.05, 0.1) is 0 Å². The van der Waals surface area contributed by atoms with Gasteiger partial charge in [0.2, 0.25) is 0 Å². The molecule has 0 N–H and O–H groups in total. The molecule has 0 amide bonds. The summed E-state index contributed by atoms with van der Waals surface area (Å²) in [5.41, 5.74) is 1.42. The second-order valence-electron chi connectivity index (χ2n) is 4.03. The molecule has 0 aliphatic rings. The molecular weight excluding hydrogens is 184 g/mol. The van der Waals surface area contributed by atoms with Gasteiger partial charge in [-0.3, -0.25) is 0 Å². The van der Waals surface area contributed by atoms with Gasteiger partial charge < -0.3 is 4.74 Å². The number of hydrogen-bond acceptors (Lipinski definition) is 1. The van der Waals surface area contributed by atoms with Crippen molar-refractivity contribution in [2.45, 2.75) is 26.2 Å². The minimum absolute atomic E-state index is 0.158. The van der Waals surface area contributed by atoms with Crippen LogP contribution < -0.4 is 4.74 Å². The highest BCUT2D eigenvalue weighted by atomic mass is 35.5. The van der Waals surface area contributed by atoms with Crippen LogP contribution in [0.25, 0.3) is 0 Å². The highest BCUT2D eigenvalue weighted by molar-refractivity contribution is 6.17. The number of benzene rings is 1. The molecule has 0 aliphatic heterocycles. The quantitative estimate of drug-likeness (QED) is 0.661. The fourth-order valence-corrected chi connectivity index (χ4v) is 1.24. The lowest BCUT2D eigenvalue weighted by Crippen LogP contribution is -2.10. The van der Waals surface area contributed by atoms with Crippen LogP contribution in [-0.2, 0) is 5.41 Å². The van der Waals surface area contributed by atoms with E-state index in [4.69, 9.17) is 16.3 Å². The summed E-state index contributed by atoms with van der Waals surface area (Å²) >= 11 is 5.48. The maximum Gasteiger partial charge on any atom is 0.162 e. The van der Waals surface area contributed by atoms with E-state index in [1.54, 1.807) is 0 Å². The molecule has 72 valence electrons. The van der Waals surface area contributed by atoms with Gasteiger partial charge in [-0.25, -0.2) is 0 Å². The van der Waals surface area contributed by atoms with Gasteiger partial charge in [-0.1, -0.05) is 44.5 Å². The summed E-state index contributed by atoms with van der Waals surface area (Å²) in [6.45, 7) is 6.52. The van der Waals surface area contributed by atoms with Gasteiger partial charge >= 0.3 is 0 Å². The van der Waals surface area contributed by atoms with Crippen molar-refractivity contribution < 1.29 is 4.74 Å². The molecule has 0 saturated carbocycles. The third kappa shape index (κ3) is 2.92. The van der Waals surface area contributed by atoms with Crippen molar-refractivity contribution in [3.8, 4) is 5.75 Å². The second-order valence-corrected chi connectivity index (χ2v) is 4.25. The molecule has 1 aromatic rings. The van der Waals surface area contributed by atoms with Gasteiger partial charge in [0, 0.05) is 0 Å². The first-order chi connectivity index (χ1) is 6.04. The zero-order valence-corrected chi connectivity index (χ0v) is 9.06. The van der Waals surface area contributed by atoms with Crippen molar-refractivity contribution in [3.05, 3.63) is 29.8 Å². The van der Waals surface area contributed by atoms with Crippen molar-refractivity contribution in [3.63, 3.8) is 0 Å². The third-order valence-electron chi connectivity index (χ3n) is 1.92. The summed E-state index contributed by atoms with van der Waals surface area (Å²) < 4.78 is 5.21. The highest BCUT2D eigenvalue weighted by Gasteiger charge is 2.13. The van der Waals surface area contributed by atoms with Gasteiger partial charge in [0.15, 0.2) is 6.07 Å². The predicted octanol–water partition coefficient (Wildman–Crippen LogP) is 3.56. The Bertz CT molecular complexity index is 276. The molecule has 0 fully saturated rings. The molecule has 0 radical (unpaired) electrons. The van der Waals surface area contributed by atoms with Gasteiger partial charge in [-0.15, -0.1) is 0 Å². The first-order valence-corrected chi connectivity index (χ1v) is 4.87. The summed E-state index contributed by atoms with van der Waals surface area (Å²) in [5, 5.41) is 0. The van der Waals surface area contributed by atoms with E-state index >= 15 is 0 Å². The number of alkyl halides is 1. The smallest absolute Gasteiger partial charge is 0.162 e. The zero-order valence-electron chi connectivity index (χ0n) is 8.30. The standard InChI is InChI=1S/C11H15ClO/c1-11(2,3)9-5-4-6-10(7-9)13-8-12/h4-7H,8H2,1-3H3. The lowest BCUT2D eigenvalue weighted by molar-refractivity contribution is 0.386. The van der Waals surface area contributed by atoms with Crippen LogP contribution in [0.15, 0.2) is 24.3 Å². The summed E-state index contributed by atoms with van der Waals surface area (Å²) in [6, 6.07) is 8.23. The molecule has 0 unspecified atom stereocenters. The van der Waals surface area contributed by atoms with Crippen LogP contribution in [0, 0.1) is 0 Å². The zero-order chi connectivity index (χ0) is 9.90. The molecule has 2 heteroatoms. The first kappa shape index (κ1) is 10.4. The molecule has 1 nitrogen and oxygen atoms in total. The van der Waals surface area contributed by atoms with E-state index < -0.39 is 0 Å². The molecular formula is C11H15ClO. The van der Waals surface area contributed by atoms with E-state index in [1.165, 1.54) is 5.56 Å². The number of ether oxygens (including phenoxy) is 1. The average Bonchev–Trinajstić information content (AvgIpc) is 2.04.